The summed E-state index contributed by atoms with van der Waals surface area (Å²) in [6.45, 7) is 1.08. The molecule has 72 valence electrons. The standard InChI is InChI=1S/C14H11N/c1-3-7-12-10(5-1)11-6-2-4-8-13(11)14(12)9-15-14/h1-8,15H,9H2. The zero-order valence-corrected chi connectivity index (χ0v) is 8.33. The smallest absolute Gasteiger partial charge is 0.0830 e. The van der Waals surface area contributed by atoms with E-state index in [9.17, 15) is 0 Å². The minimum Gasteiger partial charge on any atom is -0.300 e. The van der Waals surface area contributed by atoms with Gasteiger partial charge in [-0.25, -0.2) is 0 Å². The van der Waals surface area contributed by atoms with Gasteiger partial charge in [0.2, 0.25) is 0 Å². The summed E-state index contributed by atoms with van der Waals surface area (Å²) in [5.74, 6) is 0. The third kappa shape index (κ3) is 0.783. The fourth-order valence-electron chi connectivity index (χ4n) is 2.79. The van der Waals surface area contributed by atoms with E-state index in [1.807, 2.05) is 0 Å². The Morgan fingerprint density at radius 1 is 0.800 bits per heavy atom. The minimum atomic E-state index is 0.160. The van der Waals surface area contributed by atoms with Gasteiger partial charge in [0, 0.05) is 6.54 Å². The van der Waals surface area contributed by atoms with Crippen molar-refractivity contribution in [3.63, 3.8) is 0 Å². The van der Waals surface area contributed by atoms with Crippen molar-refractivity contribution in [3.8, 4) is 11.1 Å². The van der Waals surface area contributed by atoms with Crippen molar-refractivity contribution in [1.29, 1.82) is 0 Å². The van der Waals surface area contributed by atoms with Crippen molar-refractivity contribution >= 4 is 0 Å². The van der Waals surface area contributed by atoms with Crippen LogP contribution in [0.1, 0.15) is 11.1 Å². The highest BCUT2D eigenvalue weighted by Gasteiger charge is 2.51. The fourth-order valence-corrected chi connectivity index (χ4v) is 2.79. The molecule has 1 saturated heterocycles. The van der Waals surface area contributed by atoms with Crippen LogP contribution >= 0.6 is 0 Å². The highest BCUT2D eigenvalue weighted by molar-refractivity contribution is 5.82. The van der Waals surface area contributed by atoms with E-state index in [0.717, 1.165) is 6.54 Å². The predicted molar refractivity (Wildman–Crippen MR) is 60.7 cm³/mol. The Morgan fingerprint density at radius 2 is 1.27 bits per heavy atom. The molecule has 1 N–H and O–H groups in total. The molecule has 2 aromatic carbocycles. The third-order valence-electron chi connectivity index (χ3n) is 3.59. The van der Waals surface area contributed by atoms with Crippen LogP contribution in [-0.2, 0) is 5.54 Å². The molecule has 1 nitrogen and oxygen atoms in total. The lowest BCUT2D eigenvalue weighted by Crippen LogP contribution is -2.10. The molecule has 1 spiro atoms. The molecule has 0 unspecified atom stereocenters. The summed E-state index contributed by atoms with van der Waals surface area (Å²) in [5.41, 5.74) is 5.86. The van der Waals surface area contributed by atoms with Crippen LogP contribution in [-0.4, -0.2) is 6.54 Å². The lowest BCUT2D eigenvalue weighted by molar-refractivity contribution is 0.850. The van der Waals surface area contributed by atoms with E-state index < -0.39 is 0 Å². The molecular formula is C14H11N. The van der Waals surface area contributed by atoms with E-state index in [1.54, 1.807) is 0 Å². The van der Waals surface area contributed by atoms with Crippen molar-refractivity contribution in [2.45, 2.75) is 5.54 Å². The summed E-state index contributed by atoms with van der Waals surface area (Å²) in [4.78, 5) is 0. The fraction of sp³-hybridized carbons (Fsp3) is 0.143. The van der Waals surface area contributed by atoms with Crippen LogP contribution in [0.25, 0.3) is 11.1 Å². The van der Waals surface area contributed by atoms with Gasteiger partial charge < -0.3 is 5.32 Å². The molecule has 1 heteroatoms. The van der Waals surface area contributed by atoms with Gasteiger partial charge in [0.05, 0.1) is 5.54 Å². The molecule has 2 aliphatic rings. The molecule has 2 aromatic rings. The summed E-state index contributed by atoms with van der Waals surface area (Å²) in [6, 6.07) is 17.4. The molecule has 0 amide bonds. The van der Waals surface area contributed by atoms with Crippen molar-refractivity contribution in [2.24, 2.45) is 0 Å². The molecule has 4 rings (SSSR count). The van der Waals surface area contributed by atoms with Gasteiger partial charge in [-0.3, -0.25) is 0 Å². The summed E-state index contributed by atoms with van der Waals surface area (Å²) in [7, 11) is 0. The van der Waals surface area contributed by atoms with Crippen LogP contribution in [0.2, 0.25) is 0 Å². The van der Waals surface area contributed by atoms with Gasteiger partial charge >= 0.3 is 0 Å². The topological polar surface area (TPSA) is 21.9 Å². The Hall–Kier alpha value is -1.60. The molecular weight excluding hydrogens is 182 g/mol. The second kappa shape index (κ2) is 2.31. The van der Waals surface area contributed by atoms with Crippen LogP contribution in [0.4, 0.5) is 0 Å². The van der Waals surface area contributed by atoms with Crippen molar-refractivity contribution in [1.82, 2.24) is 5.32 Å². The first-order valence-corrected chi connectivity index (χ1v) is 5.36. The number of fused-ring (bicyclic) bond motifs is 5. The van der Waals surface area contributed by atoms with E-state index >= 15 is 0 Å². The number of hydrogen-bond acceptors (Lipinski definition) is 1. The zero-order chi connectivity index (χ0) is 9.88. The first-order valence-electron chi connectivity index (χ1n) is 5.36. The summed E-state index contributed by atoms with van der Waals surface area (Å²) >= 11 is 0. The van der Waals surface area contributed by atoms with Crippen LogP contribution < -0.4 is 5.32 Å². The maximum Gasteiger partial charge on any atom is 0.0830 e. The lowest BCUT2D eigenvalue weighted by Gasteiger charge is -2.07. The molecule has 1 aliphatic carbocycles. The molecule has 1 fully saturated rings. The van der Waals surface area contributed by atoms with Crippen molar-refractivity contribution in [3.05, 3.63) is 59.7 Å². The SMILES string of the molecule is c1ccc2c(c1)-c1ccccc1C21CN1. The monoisotopic (exact) mass is 193 g/mol. The normalized spacial score (nSPS) is 18.7. The van der Waals surface area contributed by atoms with Crippen LogP contribution in [0.3, 0.4) is 0 Å². The summed E-state index contributed by atoms with van der Waals surface area (Å²) in [6.07, 6.45) is 0. The van der Waals surface area contributed by atoms with Crippen molar-refractivity contribution in [2.75, 3.05) is 6.54 Å². The number of nitrogens with one attached hydrogen (secondary N) is 1. The van der Waals surface area contributed by atoms with E-state index in [0.29, 0.717) is 0 Å². The second-order valence-corrected chi connectivity index (χ2v) is 4.35. The van der Waals surface area contributed by atoms with Crippen LogP contribution in [0.15, 0.2) is 48.5 Å². The number of benzene rings is 2. The Balaban J connectivity index is 2.15. The molecule has 1 heterocycles. The van der Waals surface area contributed by atoms with Gasteiger partial charge in [-0.05, 0) is 22.3 Å². The van der Waals surface area contributed by atoms with E-state index in [4.69, 9.17) is 0 Å². The van der Waals surface area contributed by atoms with Crippen molar-refractivity contribution < 1.29 is 0 Å². The van der Waals surface area contributed by atoms with Gasteiger partial charge in [-0.2, -0.15) is 0 Å². The third-order valence-corrected chi connectivity index (χ3v) is 3.59. The largest absolute Gasteiger partial charge is 0.300 e. The average molecular weight is 193 g/mol. The molecule has 0 saturated carbocycles. The van der Waals surface area contributed by atoms with E-state index in [1.165, 1.54) is 22.3 Å². The lowest BCUT2D eigenvalue weighted by atomic mass is 9.97. The maximum absolute atomic E-state index is 3.52. The Bertz CT molecular complexity index is 505. The van der Waals surface area contributed by atoms with Gasteiger partial charge in [-0.15, -0.1) is 0 Å². The first-order chi connectivity index (χ1) is 7.42. The highest BCUT2D eigenvalue weighted by Crippen LogP contribution is 2.51. The van der Waals surface area contributed by atoms with Gasteiger partial charge in [-0.1, -0.05) is 48.5 Å². The van der Waals surface area contributed by atoms with Crippen LogP contribution in [0, 0.1) is 0 Å². The minimum absolute atomic E-state index is 0.160. The summed E-state index contributed by atoms with van der Waals surface area (Å²) < 4.78 is 0. The zero-order valence-electron chi connectivity index (χ0n) is 8.33. The Morgan fingerprint density at radius 3 is 1.73 bits per heavy atom. The Labute approximate surface area is 88.8 Å². The molecule has 0 atom stereocenters. The first kappa shape index (κ1) is 7.66. The molecule has 0 bridgehead atoms. The average Bonchev–Trinajstić information content (AvgIpc) is 3.05. The highest BCUT2D eigenvalue weighted by atomic mass is 15.2. The Kier molecular flexibility index (Phi) is 1.18. The van der Waals surface area contributed by atoms with Gasteiger partial charge in [0.1, 0.15) is 0 Å². The summed E-state index contributed by atoms with van der Waals surface area (Å²) in [5, 5.41) is 3.52. The molecule has 0 radical (unpaired) electrons. The number of rotatable bonds is 0. The van der Waals surface area contributed by atoms with E-state index in [-0.39, 0.29) is 5.54 Å². The van der Waals surface area contributed by atoms with Gasteiger partial charge in [0.15, 0.2) is 0 Å². The predicted octanol–water partition coefficient (Wildman–Crippen LogP) is 2.51. The van der Waals surface area contributed by atoms with Gasteiger partial charge in [0.25, 0.3) is 0 Å². The van der Waals surface area contributed by atoms with E-state index in [2.05, 4.69) is 53.8 Å². The molecule has 0 aromatic heterocycles. The molecule has 1 aliphatic heterocycles. The van der Waals surface area contributed by atoms with Crippen LogP contribution in [0.5, 0.6) is 0 Å². The maximum atomic E-state index is 3.52. The number of hydrogen-bond donors (Lipinski definition) is 1. The second-order valence-electron chi connectivity index (χ2n) is 4.35. The quantitative estimate of drug-likeness (QED) is 0.638. The molecule has 15 heavy (non-hydrogen) atoms.